The first-order valence-corrected chi connectivity index (χ1v) is 7.52. The third kappa shape index (κ3) is 3.57. The van der Waals surface area contributed by atoms with Crippen molar-refractivity contribution in [1.29, 1.82) is 0 Å². The van der Waals surface area contributed by atoms with Crippen molar-refractivity contribution in [1.82, 2.24) is 20.1 Å². The number of rotatable bonds is 4. The summed E-state index contributed by atoms with van der Waals surface area (Å²) >= 11 is 5.92. The van der Waals surface area contributed by atoms with Gasteiger partial charge in [0.25, 0.3) is 5.91 Å². The van der Waals surface area contributed by atoms with Crippen LogP contribution in [0.15, 0.2) is 61.2 Å². The lowest BCUT2D eigenvalue weighted by Crippen LogP contribution is -2.26. The molecule has 1 amide bonds. The molecule has 3 rings (SSSR count). The fraction of sp³-hybridized carbons (Fsp3) is 0.118. The minimum Gasteiger partial charge on any atom is -0.346 e. The number of aromatic nitrogens is 3. The van der Waals surface area contributed by atoms with E-state index in [2.05, 4.69) is 15.4 Å². The van der Waals surface area contributed by atoms with Crippen molar-refractivity contribution in [2.24, 2.45) is 0 Å². The Morgan fingerprint density at radius 2 is 2.00 bits per heavy atom. The van der Waals surface area contributed by atoms with Crippen LogP contribution < -0.4 is 5.32 Å². The number of hydrogen-bond donors (Lipinski definition) is 1. The van der Waals surface area contributed by atoms with E-state index in [4.69, 9.17) is 11.6 Å². The van der Waals surface area contributed by atoms with Gasteiger partial charge in [0, 0.05) is 10.6 Å². The Labute approximate surface area is 138 Å². The van der Waals surface area contributed by atoms with E-state index < -0.39 is 0 Å². The monoisotopic (exact) mass is 326 g/mol. The number of amides is 1. The van der Waals surface area contributed by atoms with Crippen LogP contribution in [0.2, 0.25) is 5.02 Å². The van der Waals surface area contributed by atoms with Crippen molar-refractivity contribution < 1.29 is 4.79 Å². The molecule has 5 nitrogen and oxygen atoms in total. The second-order valence-corrected chi connectivity index (χ2v) is 5.57. The Morgan fingerprint density at radius 3 is 2.65 bits per heavy atom. The van der Waals surface area contributed by atoms with Gasteiger partial charge in [0.1, 0.15) is 12.7 Å². The van der Waals surface area contributed by atoms with E-state index in [-0.39, 0.29) is 11.9 Å². The number of benzene rings is 2. The molecule has 116 valence electrons. The van der Waals surface area contributed by atoms with E-state index in [1.807, 2.05) is 31.2 Å². The van der Waals surface area contributed by atoms with Gasteiger partial charge in [-0.3, -0.25) is 4.79 Å². The molecule has 1 N–H and O–H groups in total. The molecule has 0 aliphatic rings. The van der Waals surface area contributed by atoms with E-state index in [1.54, 1.807) is 35.3 Å². The standard InChI is InChI=1S/C17H15ClN4O/c1-12(21-17(23)14-3-2-4-15(18)9-14)13-5-7-16(8-6-13)22-11-19-10-20-22/h2-12H,1H3,(H,21,23). The molecule has 3 aromatic rings. The second kappa shape index (κ2) is 6.62. The molecule has 0 aliphatic heterocycles. The molecule has 0 fully saturated rings. The largest absolute Gasteiger partial charge is 0.346 e. The minimum atomic E-state index is -0.152. The summed E-state index contributed by atoms with van der Waals surface area (Å²) in [6.45, 7) is 1.94. The number of nitrogens with one attached hydrogen (secondary N) is 1. The highest BCUT2D eigenvalue weighted by atomic mass is 35.5. The lowest BCUT2D eigenvalue weighted by atomic mass is 10.1. The Balaban J connectivity index is 1.70. The van der Waals surface area contributed by atoms with Crippen LogP contribution in [0.1, 0.15) is 28.9 Å². The SMILES string of the molecule is CC(NC(=O)c1cccc(Cl)c1)c1ccc(-n2cncn2)cc1. The van der Waals surface area contributed by atoms with Gasteiger partial charge < -0.3 is 5.32 Å². The maximum atomic E-state index is 12.2. The van der Waals surface area contributed by atoms with Crippen LogP contribution in [0.4, 0.5) is 0 Å². The highest BCUT2D eigenvalue weighted by Crippen LogP contribution is 2.17. The molecule has 2 aromatic carbocycles. The quantitative estimate of drug-likeness (QED) is 0.799. The Bertz CT molecular complexity index is 800. The third-order valence-corrected chi connectivity index (χ3v) is 3.75. The smallest absolute Gasteiger partial charge is 0.251 e. The fourth-order valence-corrected chi connectivity index (χ4v) is 2.44. The maximum Gasteiger partial charge on any atom is 0.251 e. The van der Waals surface area contributed by atoms with Crippen LogP contribution in [0.5, 0.6) is 0 Å². The summed E-state index contributed by atoms with van der Waals surface area (Å²) in [7, 11) is 0. The van der Waals surface area contributed by atoms with Crippen molar-refractivity contribution in [2.75, 3.05) is 0 Å². The van der Waals surface area contributed by atoms with Crippen molar-refractivity contribution in [3.63, 3.8) is 0 Å². The zero-order valence-electron chi connectivity index (χ0n) is 12.5. The molecule has 6 heteroatoms. The van der Waals surface area contributed by atoms with Gasteiger partial charge in [-0.2, -0.15) is 5.10 Å². The van der Waals surface area contributed by atoms with Crippen LogP contribution in [0.25, 0.3) is 5.69 Å². The normalized spacial score (nSPS) is 11.9. The van der Waals surface area contributed by atoms with Gasteiger partial charge in [-0.25, -0.2) is 9.67 Å². The van der Waals surface area contributed by atoms with Crippen LogP contribution in [-0.4, -0.2) is 20.7 Å². The van der Waals surface area contributed by atoms with Crippen LogP contribution in [0.3, 0.4) is 0 Å². The number of carbonyl (C=O) groups excluding carboxylic acids is 1. The molecule has 0 aliphatic carbocycles. The molecular weight excluding hydrogens is 312 g/mol. The molecule has 1 atom stereocenters. The zero-order valence-corrected chi connectivity index (χ0v) is 13.2. The first kappa shape index (κ1) is 15.2. The zero-order chi connectivity index (χ0) is 16.2. The molecule has 1 heterocycles. The van der Waals surface area contributed by atoms with E-state index in [0.717, 1.165) is 11.3 Å². The lowest BCUT2D eigenvalue weighted by molar-refractivity contribution is 0.0940. The predicted octanol–water partition coefficient (Wildman–Crippen LogP) is 3.41. The van der Waals surface area contributed by atoms with Crippen molar-refractivity contribution in [3.05, 3.63) is 77.3 Å². The van der Waals surface area contributed by atoms with E-state index >= 15 is 0 Å². The number of nitrogens with zero attached hydrogens (tertiary/aromatic N) is 3. The Morgan fingerprint density at radius 1 is 1.22 bits per heavy atom. The predicted molar refractivity (Wildman–Crippen MR) is 88.7 cm³/mol. The third-order valence-electron chi connectivity index (χ3n) is 3.51. The molecule has 23 heavy (non-hydrogen) atoms. The van der Waals surface area contributed by atoms with Gasteiger partial charge in [-0.05, 0) is 42.8 Å². The molecule has 1 aromatic heterocycles. The summed E-state index contributed by atoms with van der Waals surface area (Å²) in [5.74, 6) is -0.152. The summed E-state index contributed by atoms with van der Waals surface area (Å²) in [5.41, 5.74) is 2.47. The van der Waals surface area contributed by atoms with E-state index in [0.29, 0.717) is 10.6 Å². The molecule has 0 radical (unpaired) electrons. The van der Waals surface area contributed by atoms with Gasteiger partial charge in [0.05, 0.1) is 11.7 Å². The van der Waals surface area contributed by atoms with E-state index in [9.17, 15) is 4.79 Å². The number of halogens is 1. The van der Waals surface area contributed by atoms with Gasteiger partial charge in [-0.1, -0.05) is 29.8 Å². The van der Waals surface area contributed by atoms with Crippen LogP contribution >= 0.6 is 11.6 Å². The van der Waals surface area contributed by atoms with Gasteiger partial charge >= 0.3 is 0 Å². The number of carbonyl (C=O) groups is 1. The average Bonchev–Trinajstić information content (AvgIpc) is 3.09. The molecule has 0 saturated heterocycles. The van der Waals surface area contributed by atoms with Gasteiger partial charge in [0.15, 0.2) is 0 Å². The second-order valence-electron chi connectivity index (χ2n) is 5.14. The minimum absolute atomic E-state index is 0.119. The van der Waals surface area contributed by atoms with Gasteiger partial charge in [0.2, 0.25) is 0 Å². The first-order valence-electron chi connectivity index (χ1n) is 7.15. The van der Waals surface area contributed by atoms with Crippen LogP contribution in [0, 0.1) is 0 Å². The Hall–Kier alpha value is -2.66. The summed E-state index contributed by atoms with van der Waals surface area (Å²) in [6, 6.07) is 14.6. The molecule has 0 saturated carbocycles. The highest BCUT2D eigenvalue weighted by molar-refractivity contribution is 6.30. The van der Waals surface area contributed by atoms with Crippen molar-refractivity contribution in [2.45, 2.75) is 13.0 Å². The summed E-state index contributed by atoms with van der Waals surface area (Å²) < 4.78 is 1.68. The highest BCUT2D eigenvalue weighted by Gasteiger charge is 2.12. The maximum absolute atomic E-state index is 12.2. The lowest BCUT2D eigenvalue weighted by Gasteiger charge is -2.15. The summed E-state index contributed by atoms with van der Waals surface area (Å²) in [4.78, 5) is 16.2. The van der Waals surface area contributed by atoms with Crippen LogP contribution in [-0.2, 0) is 0 Å². The first-order chi connectivity index (χ1) is 11.1. The number of hydrogen-bond acceptors (Lipinski definition) is 3. The molecule has 0 spiro atoms. The summed E-state index contributed by atoms with van der Waals surface area (Å²) in [6.07, 6.45) is 3.13. The topological polar surface area (TPSA) is 59.8 Å². The molecular formula is C17H15ClN4O. The fourth-order valence-electron chi connectivity index (χ4n) is 2.25. The molecule has 0 bridgehead atoms. The Kier molecular flexibility index (Phi) is 4.39. The van der Waals surface area contributed by atoms with Crippen molar-refractivity contribution in [3.8, 4) is 5.69 Å². The average molecular weight is 327 g/mol. The molecule has 1 unspecified atom stereocenters. The van der Waals surface area contributed by atoms with Gasteiger partial charge in [-0.15, -0.1) is 0 Å². The van der Waals surface area contributed by atoms with E-state index in [1.165, 1.54) is 6.33 Å². The van der Waals surface area contributed by atoms with Crippen molar-refractivity contribution >= 4 is 17.5 Å². The summed E-state index contributed by atoms with van der Waals surface area (Å²) in [5, 5.41) is 7.59.